The highest BCUT2D eigenvalue weighted by molar-refractivity contribution is 5.78. The van der Waals surface area contributed by atoms with E-state index in [1.54, 1.807) is 0 Å². The van der Waals surface area contributed by atoms with Gasteiger partial charge in [0, 0.05) is 32.5 Å². The van der Waals surface area contributed by atoms with Gasteiger partial charge in [-0.15, -0.1) is 0 Å². The van der Waals surface area contributed by atoms with E-state index in [0.717, 1.165) is 32.4 Å². The Bertz CT molecular complexity index is 499. The van der Waals surface area contributed by atoms with Crippen LogP contribution in [-0.2, 0) is 16.0 Å². The second-order valence-corrected chi connectivity index (χ2v) is 5.68. The smallest absolute Gasteiger partial charge is 0.222 e. The molecule has 0 saturated carbocycles. The maximum atomic E-state index is 11.8. The van der Waals surface area contributed by atoms with Gasteiger partial charge in [0.1, 0.15) is 0 Å². The van der Waals surface area contributed by atoms with Gasteiger partial charge in [-0.05, 0) is 31.7 Å². The molecule has 4 nitrogen and oxygen atoms in total. The van der Waals surface area contributed by atoms with Crippen molar-refractivity contribution in [1.82, 2.24) is 10.2 Å². The zero-order chi connectivity index (χ0) is 15.1. The van der Waals surface area contributed by atoms with Gasteiger partial charge in [-0.25, -0.2) is 0 Å². The molecule has 1 aromatic carbocycles. The van der Waals surface area contributed by atoms with E-state index in [9.17, 15) is 9.59 Å². The molecule has 0 radical (unpaired) electrons. The molecule has 2 amide bonds. The van der Waals surface area contributed by atoms with Gasteiger partial charge < -0.3 is 10.2 Å². The fourth-order valence-electron chi connectivity index (χ4n) is 2.65. The summed E-state index contributed by atoms with van der Waals surface area (Å²) in [5, 5.41) is 2.93. The Labute approximate surface area is 126 Å². The Balaban J connectivity index is 1.58. The summed E-state index contributed by atoms with van der Waals surface area (Å²) in [5.74, 6) is 0.338. The van der Waals surface area contributed by atoms with E-state index in [-0.39, 0.29) is 11.8 Å². The molecule has 0 bridgehead atoms. The maximum Gasteiger partial charge on any atom is 0.222 e. The van der Waals surface area contributed by atoms with E-state index in [4.69, 9.17) is 0 Å². The van der Waals surface area contributed by atoms with E-state index in [1.807, 2.05) is 11.0 Å². The van der Waals surface area contributed by atoms with Crippen LogP contribution in [0.1, 0.15) is 36.8 Å². The SMILES string of the molecule is Cc1cccc(CCC(=O)NCCCN2CCCC2=O)c1. The summed E-state index contributed by atoms with van der Waals surface area (Å²) < 4.78 is 0. The summed E-state index contributed by atoms with van der Waals surface area (Å²) in [7, 11) is 0. The highest BCUT2D eigenvalue weighted by atomic mass is 16.2. The predicted molar refractivity (Wildman–Crippen MR) is 82.9 cm³/mol. The van der Waals surface area contributed by atoms with E-state index in [2.05, 4.69) is 30.4 Å². The predicted octanol–water partition coefficient (Wildman–Crippen LogP) is 2.06. The molecule has 2 rings (SSSR count). The molecule has 4 heteroatoms. The number of hydrogen-bond acceptors (Lipinski definition) is 2. The first-order valence-electron chi connectivity index (χ1n) is 7.75. The number of nitrogens with one attached hydrogen (secondary N) is 1. The number of carbonyl (C=O) groups excluding carboxylic acids is 2. The highest BCUT2D eigenvalue weighted by Crippen LogP contribution is 2.09. The van der Waals surface area contributed by atoms with Crippen molar-refractivity contribution in [2.75, 3.05) is 19.6 Å². The third-order valence-corrected chi connectivity index (χ3v) is 3.82. The molecule has 21 heavy (non-hydrogen) atoms. The molecule has 0 aromatic heterocycles. The molecule has 0 atom stereocenters. The van der Waals surface area contributed by atoms with Crippen LogP contribution in [0.5, 0.6) is 0 Å². The lowest BCUT2D eigenvalue weighted by Crippen LogP contribution is -2.30. The van der Waals surface area contributed by atoms with Gasteiger partial charge in [0.2, 0.25) is 11.8 Å². The van der Waals surface area contributed by atoms with E-state index >= 15 is 0 Å². The van der Waals surface area contributed by atoms with Gasteiger partial charge in [0.05, 0.1) is 0 Å². The third-order valence-electron chi connectivity index (χ3n) is 3.82. The summed E-state index contributed by atoms with van der Waals surface area (Å²) in [6, 6.07) is 8.25. The quantitative estimate of drug-likeness (QED) is 0.781. The molecule has 114 valence electrons. The number of hydrogen-bond donors (Lipinski definition) is 1. The molecular weight excluding hydrogens is 264 g/mol. The van der Waals surface area contributed by atoms with Crippen molar-refractivity contribution in [1.29, 1.82) is 0 Å². The fraction of sp³-hybridized carbons (Fsp3) is 0.529. The van der Waals surface area contributed by atoms with Crippen LogP contribution in [0, 0.1) is 6.92 Å². The van der Waals surface area contributed by atoms with Crippen molar-refractivity contribution < 1.29 is 9.59 Å². The lowest BCUT2D eigenvalue weighted by molar-refractivity contribution is -0.127. The Kier molecular flexibility index (Phi) is 5.78. The van der Waals surface area contributed by atoms with Crippen molar-refractivity contribution in [3.63, 3.8) is 0 Å². The van der Waals surface area contributed by atoms with Gasteiger partial charge in [0.25, 0.3) is 0 Å². The Morgan fingerprint density at radius 1 is 1.38 bits per heavy atom. The van der Waals surface area contributed by atoms with Crippen LogP contribution < -0.4 is 5.32 Å². The number of carbonyl (C=O) groups is 2. The van der Waals surface area contributed by atoms with Gasteiger partial charge >= 0.3 is 0 Å². The van der Waals surface area contributed by atoms with Crippen molar-refractivity contribution in [2.24, 2.45) is 0 Å². The van der Waals surface area contributed by atoms with Crippen LogP contribution in [0.2, 0.25) is 0 Å². The van der Waals surface area contributed by atoms with Gasteiger partial charge in [-0.3, -0.25) is 9.59 Å². The van der Waals surface area contributed by atoms with Crippen LogP contribution >= 0.6 is 0 Å². The zero-order valence-corrected chi connectivity index (χ0v) is 12.7. The third kappa shape index (κ3) is 5.21. The summed E-state index contributed by atoms with van der Waals surface area (Å²) in [6.45, 7) is 4.34. The van der Waals surface area contributed by atoms with Crippen LogP contribution in [0.3, 0.4) is 0 Å². The first kappa shape index (κ1) is 15.5. The maximum absolute atomic E-state index is 11.8. The molecule has 1 heterocycles. The average molecular weight is 288 g/mol. The van der Waals surface area contributed by atoms with Crippen molar-refractivity contribution >= 4 is 11.8 Å². The van der Waals surface area contributed by atoms with Gasteiger partial charge in [-0.1, -0.05) is 29.8 Å². The molecule has 1 aliphatic rings. The lowest BCUT2D eigenvalue weighted by Gasteiger charge is -2.15. The topological polar surface area (TPSA) is 49.4 Å². The van der Waals surface area contributed by atoms with E-state index in [0.29, 0.717) is 19.4 Å². The molecule has 0 spiro atoms. The standard InChI is InChI=1S/C17H24N2O2/c1-14-5-2-6-15(13-14)8-9-16(20)18-10-4-12-19-11-3-7-17(19)21/h2,5-6,13H,3-4,7-12H2,1H3,(H,18,20). The van der Waals surface area contributed by atoms with Gasteiger partial charge in [0.15, 0.2) is 0 Å². The van der Waals surface area contributed by atoms with E-state index < -0.39 is 0 Å². The molecule has 0 unspecified atom stereocenters. The summed E-state index contributed by atoms with van der Waals surface area (Å²) >= 11 is 0. The van der Waals surface area contributed by atoms with Crippen molar-refractivity contribution in [2.45, 2.75) is 39.0 Å². The minimum Gasteiger partial charge on any atom is -0.356 e. The normalized spacial score (nSPS) is 14.5. The highest BCUT2D eigenvalue weighted by Gasteiger charge is 2.18. The Hall–Kier alpha value is -1.84. The van der Waals surface area contributed by atoms with Gasteiger partial charge in [-0.2, -0.15) is 0 Å². The molecular formula is C17H24N2O2. The molecule has 1 saturated heterocycles. The number of benzene rings is 1. The molecule has 1 aliphatic heterocycles. The van der Waals surface area contributed by atoms with Crippen LogP contribution in [0.4, 0.5) is 0 Å². The summed E-state index contributed by atoms with van der Waals surface area (Å²) in [6.07, 6.45) is 3.79. The fourth-order valence-corrected chi connectivity index (χ4v) is 2.65. The number of aryl methyl sites for hydroxylation is 2. The number of likely N-dealkylation sites (tertiary alicyclic amines) is 1. The monoisotopic (exact) mass is 288 g/mol. The number of rotatable bonds is 7. The second kappa shape index (κ2) is 7.81. The first-order valence-corrected chi connectivity index (χ1v) is 7.75. The number of amides is 2. The molecule has 1 fully saturated rings. The molecule has 0 aliphatic carbocycles. The first-order chi connectivity index (χ1) is 10.1. The summed E-state index contributed by atoms with van der Waals surface area (Å²) in [5.41, 5.74) is 2.43. The minimum absolute atomic E-state index is 0.0873. The molecule has 1 aromatic rings. The van der Waals surface area contributed by atoms with E-state index in [1.165, 1.54) is 11.1 Å². The van der Waals surface area contributed by atoms with Crippen molar-refractivity contribution in [3.05, 3.63) is 35.4 Å². The second-order valence-electron chi connectivity index (χ2n) is 5.68. The Morgan fingerprint density at radius 2 is 2.24 bits per heavy atom. The van der Waals surface area contributed by atoms with Crippen LogP contribution in [0.25, 0.3) is 0 Å². The summed E-state index contributed by atoms with van der Waals surface area (Å²) in [4.78, 5) is 25.1. The average Bonchev–Trinajstić information content (AvgIpc) is 2.87. The van der Waals surface area contributed by atoms with Crippen molar-refractivity contribution in [3.8, 4) is 0 Å². The number of nitrogens with zero attached hydrogens (tertiary/aromatic N) is 1. The zero-order valence-electron chi connectivity index (χ0n) is 12.7. The Morgan fingerprint density at radius 3 is 2.95 bits per heavy atom. The largest absolute Gasteiger partial charge is 0.356 e. The minimum atomic E-state index is 0.0873. The van der Waals surface area contributed by atoms with Crippen LogP contribution in [-0.4, -0.2) is 36.3 Å². The van der Waals surface area contributed by atoms with Crippen LogP contribution in [0.15, 0.2) is 24.3 Å². The molecule has 1 N–H and O–H groups in total. The lowest BCUT2D eigenvalue weighted by atomic mass is 10.1.